The molecule has 9 heteroatoms. The van der Waals surface area contributed by atoms with E-state index in [1.165, 1.54) is 16.4 Å². The number of hydrogen-bond donors (Lipinski definition) is 1. The minimum absolute atomic E-state index is 0.0438. The summed E-state index contributed by atoms with van der Waals surface area (Å²) in [7, 11) is -3.64. The van der Waals surface area contributed by atoms with E-state index >= 15 is 0 Å². The van der Waals surface area contributed by atoms with E-state index in [0.717, 1.165) is 17.0 Å². The Morgan fingerprint density at radius 3 is 2.44 bits per heavy atom. The highest BCUT2D eigenvalue weighted by atomic mass is 32.2. The van der Waals surface area contributed by atoms with Gasteiger partial charge in [0.15, 0.2) is 0 Å². The molecule has 0 bridgehead atoms. The molecule has 1 aromatic heterocycles. The van der Waals surface area contributed by atoms with Crippen LogP contribution >= 0.6 is 11.3 Å². The molecule has 0 aliphatic carbocycles. The molecule has 1 amide bonds. The highest BCUT2D eigenvalue weighted by Crippen LogP contribution is 2.19. The van der Waals surface area contributed by atoms with Crippen LogP contribution in [-0.4, -0.2) is 56.3 Å². The van der Waals surface area contributed by atoms with Gasteiger partial charge in [-0.1, -0.05) is 6.07 Å². The van der Waals surface area contributed by atoms with Crippen LogP contribution in [0.5, 0.6) is 0 Å². The second-order valence-electron chi connectivity index (χ2n) is 6.44. The number of nitrogens with one attached hydrogen (secondary N) is 1. The molecule has 1 fully saturated rings. The predicted octanol–water partition coefficient (Wildman–Crippen LogP) is 2.07. The Hall–Kier alpha value is -1.81. The lowest BCUT2D eigenvalue weighted by molar-refractivity contribution is -0.123. The number of carbonyl (C=O) groups excluding carboxylic acids is 1. The monoisotopic (exact) mass is 411 g/mol. The summed E-state index contributed by atoms with van der Waals surface area (Å²) < 4.78 is 39.6. The highest BCUT2D eigenvalue weighted by molar-refractivity contribution is 7.89. The number of thiophene rings is 1. The Balaban J connectivity index is 1.51. The Labute approximate surface area is 162 Å². The fraction of sp³-hybridized carbons (Fsp3) is 0.389. The third-order valence-electron chi connectivity index (χ3n) is 4.50. The first kappa shape index (κ1) is 19.9. The van der Waals surface area contributed by atoms with Crippen molar-refractivity contribution < 1.29 is 17.6 Å². The van der Waals surface area contributed by atoms with Crippen molar-refractivity contribution in [3.05, 3.63) is 52.5 Å². The number of benzene rings is 1. The van der Waals surface area contributed by atoms with Crippen molar-refractivity contribution in [1.29, 1.82) is 0 Å². The second-order valence-corrected chi connectivity index (χ2v) is 9.36. The van der Waals surface area contributed by atoms with Crippen LogP contribution in [0.3, 0.4) is 0 Å². The molecule has 1 atom stereocenters. The van der Waals surface area contributed by atoms with Gasteiger partial charge in [-0.2, -0.15) is 4.31 Å². The van der Waals surface area contributed by atoms with Crippen molar-refractivity contribution in [3.63, 3.8) is 0 Å². The summed E-state index contributed by atoms with van der Waals surface area (Å²) in [5.74, 6) is -0.549. The first-order chi connectivity index (χ1) is 12.9. The summed E-state index contributed by atoms with van der Waals surface area (Å²) >= 11 is 1.60. The average molecular weight is 412 g/mol. The van der Waals surface area contributed by atoms with E-state index in [2.05, 4.69) is 5.32 Å². The summed E-state index contributed by atoms with van der Waals surface area (Å²) in [6.07, 6.45) is 0. The fourth-order valence-electron chi connectivity index (χ4n) is 2.98. The summed E-state index contributed by atoms with van der Waals surface area (Å²) in [6.45, 7) is 3.72. The predicted molar refractivity (Wildman–Crippen MR) is 102 cm³/mol. The molecule has 27 heavy (non-hydrogen) atoms. The first-order valence-electron chi connectivity index (χ1n) is 8.67. The lowest BCUT2D eigenvalue weighted by Gasteiger charge is -2.33. The molecule has 0 unspecified atom stereocenters. The van der Waals surface area contributed by atoms with Gasteiger partial charge in [0.25, 0.3) is 0 Å². The van der Waals surface area contributed by atoms with Gasteiger partial charge in [-0.15, -0.1) is 11.3 Å². The Kier molecular flexibility index (Phi) is 6.25. The SMILES string of the molecule is C[C@H](NC(=O)CN1CCN(S(=O)(=O)c2ccc(F)cc2)CC1)c1cccs1. The number of halogens is 1. The summed E-state index contributed by atoms with van der Waals surface area (Å²) in [6, 6.07) is 8.72. The molecular formula is C18H22FN3O3S2. The van der Waals surface area contributed by atoms with Crippen molar-refractivity contribution in [1.82, 2.24) is 14.5 Å². The van der Waals surface area contributed by atoms with Crippen LogP contribution < -0.4 is 5.32 Å². The van der Waals surface area contributed by atoms with Crippen LogP contribution in [0.4, 0.5) is 4.39 Å². The smallest absolute Gasteiger partial charge is 0.243 e. The molecule has 1 aliphatic rings. The van der Waals surface area contributed by atoms with Gasteiger partial charge in [0.2, 0.25) is 15.9 Å². The van der Waals surface area contributed by atoms with Crippen molar-refractivity contribution in [2.45, 2.75) is 17.9 Å². The van der Waals surface area contributed by atoms with Gasteiger partial charge in [-0.05, 0) is 42.6 Å². The molecule has 1 aliphatic heterocycles. The molecule has 1 saturated heterocycles. The zero-order chi connectivity index (χ0) is 19.4. The van der Waals surface area contributed by atoms with E-state index in [1.807, 2.05) is 29.3 Å². The number of sulfonamides is 1. The third kappa shape index (κ3) is 4.92. The standard InChI is InChI=1S/C18H22FN3O3S2/c1-14(17-3-2-12-26-17)20-18(23)13-21-8-10-22(11-9-21)27(24,25)16-6-4-15(19)5-7-16/h2-7,12,14H,8-11,13H2,1H3,(H,20,23)/t14-/m0/s1. The van der Waals surface area contributed by atoms with Gasteiger partial charge in [0, 0.05) is 31.1 Å². The molecular weight excluding hydrogens is 389 g/mol. The zero-order valence-electron chi connectivity index (χ0n) is 15.0. The van der Waals surface area contributed by atoms with E-state index in [1.54, 1.807) is 11.3 Å². The molecule has 0 spiro atoms. The third-order valence-corrected chi connectivity index (χ3v) is 7.47. The second kappa shape index (κ2) is 8.47. The maximum atomic E-state index is 13.0. The van der Waals surface area contributed by atoms with Crippen LogP contribution in [-0.2, 0) is 14.8 Å². The van der Waals surface area contributed by atoms with Crippen molar-refractivity contribution in [3.8, 4) is 0 Å². The highest BCUT2D eigenvalue weighted by Gasteiger charge is 2.29. The van der Waals surface area contributed by atoms with Crippen molar-refractivity contribution >= 4 is 27.3 Å². The number of piperazine rings is 1. The van der Waals surface area contributed by atoms with Crippen LogP contribution in [0.2, 0.25) is 0 Å². The normalized spacial score (nSPS) is 17.6. The molecule has 1 aromatic carbocycles. The molecule has 2 aromatic rings. The number of rotatable bonds is 6. The minimum atomic E-state index is -3.64. The number of hydrogen-bond acceptors (Lipinski definition) is 5. The van der Waals surface area contributed by atoms with Gasteiger partial charge >= 0.3 is 0 Å². The quantitative estimate of drug-likeness (QED) is 0.790. The van der Waals surface area contributed by atoms with Gasteiger partial charge in [0.1, 0.15) is 5.82 Å². The fourth-order valence-corrected chi connectivity index (χ4v) is 5.14. The molecule has 6 nitrogen and oxygen atoms in total. The number of amides is 1. The molecule has 0 radical (unpaired) electrons. The van der Waals surface area contributed by atoms with E-state index in [0.29, 0.717) is 26.2 Å². The maximum absolute atomic E-state index is 13.0. The molecule has 3 rings (SSSR count). The number of nitrogens with zero attached hydrogens (tertiary/aromatic N) is 2. The van der Waals surface area contributed by atoms with Crippen LogP contribution in [0.15, 0.2) is 46.7 Å². The van der Waals surface area contributed by atoms with Crippen molar-refractivity contribution in [2.24, 2.45) is 0 Å². The Morgan fingerprint density at radius 1 is 1.19 bits per heavy atom. The first-order valence-corrected chi connectivity index (χ1v) is 11.0. The van der Waals surface area contributed by atoms with Gasteiger partial charge in [-0.25, -0.2) is 12.8 Å². The van der Waals surface area contributed by atoms with Crippen LogP contribution in [0.25, 0.3) is 0 Å². The summed E-state index contributed by atoms with van der Waals surface area (Å²) in [5.41, 5.74) is 0. The molecule has 2 heterocycles. The van der Waals surface area contributed by atoms with Crippen molar-refractivity contribution in [2.75, 3.05) is 32.7 Å². The average Bonchev–Trinajstić information content (AvgIpc) is 3.17. The van der Waals surface area contributed by atoms with E-state index in [-0.39, 0.29) is 23.4 Å². The van der Waals surface area contributed by atoms with Gasteiger partial charge < -0.3 is 5.32 Å². The van der Waals surface area contributed by atoms with Gasteiger partial charge in [0.05, 0.1) is 17.5 Å². The van der Waals surface area contributed by atoms with E-state index < -0.39 is 15.8 Å². The van der Waals surface area contributed by atoms with Crippen LogP contribution in [0.1, 0.15) is 17.8 Å². The Morgan fingerprint density at radius 2 is 1.85 bits per heavy atom. The van der Waals surface area contributed by atoms with Gasteiger partial charge in [-0.3, -0.25) is 9.69 Å². The molecule has 0 saturated carbocycles. The maximum Gasteiger partial charge on any atom is 0.243 e. The molecule has 146 valence electrons. The van der Waals surface area contributed by atoms with Crippen LogP contribution in [0, 0.1) is 5.82 Å². The molecule has 1 N–H and O–H groups in total. The lowest BCUT2D eigenvalue weighted by atomic mass is 10.2. The van der Waals surface area contributed by atoms with E-state index in [9.17, 15) is 17.6 Å². The lowest BCUT2D eigenvalue weighted by Crippen LogP contribution is -2.51. The summed E-state index contributed by atoms with van der Waals surface area (Å²) in [5, 5.41) is 4.94. The summed E-state index contributed by atoms with van der Waals surface area (Å²) in [4.78, 5) is 15.3. The minimum Gasteiger partial charge on any atom is -0.348 e. The zero-order valence-corrected chi connectivity index (χ0v) is 16.6. The van der Waals surface area contributed by atoms with E-state index in [4.69, 9.17) is 0 Å². The topological polar surface area (TPSA) is 69.7 Å². The Bertz CT molecular complexity index is 862. The number of carbonyl (C=O) groups is 1. The largest absolute Gasteiger partial charge is 0.348 e.